The molecule has 7 heteroatoms. The Kier molecular flexibility index (Phi) is 4.09. The molecule has 0 atom stereocenters. The van der Waals surface area contributed by atoms with E-state index in [1.807, 2.05) is 0 Å². The van der Waals surface area contributed by atoms with Gasteiger partial charge in [0, 0.05) is 12.8 Å². The van der Waals surface area contributed by atoms with Crippen molar-refractivity contribution < 1.29 is 23.9 Å². The van der Waals surface area contributed by atoms with E-state index in [2.05, 4.69) is 15.3 Å². The number of nitrogens with zero attached hydrogens (tertiary/aromatic N) is 1. The fraction of sp³-hybridized carbons (Fsp3) is 0.231. The average Bonchev–Trinajstić information content (AvgIpc) is 2.48. The third-order valence-electron chi connectivity index (χ3n) is 2.63. The second kappa shape index (κ2) is 5.96. The third-order valence-corrected chi connectivity index (χ3v) is 2.63. The molecule has 1 heterocycles. The third kappa shape index (κ3) is 3.19. The Morgan fingerprint density at radius 3 is 2.40 bits per heavy atom. The van der Waals surface area contributed by atoms with Gasteiger partial charge in [-0.05, 0) is 24.3 Å². The van der Waals surface area contributed by atoms with Gasteiger partial charge in [-0.3, -0.25) is 4.79 Å². The number of hydrazone groups is 1. The van der Waals surface area contributed by atoms with Crippen molar-refractivity contribution in [3.8, 4) is 5.75 Å². The van der Waals surface area contributed by atoms with Crippen molar-refractivity contribution in [3.63, 3.8) is 0 Å². The second-order valence-corrected chi connectivity index (χ2v) is 4.00. The number of hydrogen-bond donors (Lipinski definition) is 1. The number of rotatable bonds is 3. The van der Waals surface area contributed by atoms with Crippen LogP contribution in [0.3, 0.4) is 0 Å². The number of nitrogens with one attached hydrogen (secondary N) is 1. The van der Waals surface area contributed by atoms with Gasteiger partial charge in [-0.2, -0.15) is 5.10 Å². The zero-order valence-corrected chi connectivity index (χ0v) is 10.7. The second-order valence-electron chi connectivity index (χ2n) is 4.00. The summed E-state index contributed by atoms with van der Waals surface area (Å²) in [6.45, 7) is 0. The van der Waals surface area contributed by atoms with Gasteiger partial charge in [0.05, 0.1) is 12.7 Å². The molecule has 0 unspecified atom stereocenters. The molecule has 2 rings (SSSR count). The summed E-state index contributed by atoms with van der Waals surface area (Å²) in [5.41, 5.74) is 2.73. The average molecular weight is 276 g/mol. The molecule has 0 aliphatic carbocycles. The molecule has 1 aromatic carbocycles. The van der Waals surface area contributed by atoms with Crippen LogP contribution >= 0.6 is 0 Å². The maximum absolute atomic E-state index is 11.8. The molecule has 1 amide bonds. The van der Waals surface area contributed by atoms with E-state index < -0.39 is 11.9 Å². The van der Waals surface area contributed by atoms with Crippen LogP contribution in [-0.2, 0) is 14.3 Å². The van der Waals surface area contributed by atoms with Gasteiger partial charge >= 0.3 is 11.9 Å². The van der Waals surface area contributed by atoms with E-state index in [-0.39, 0.29) is 30.2 Å². The molecule has 0 saturated carbocycles. The number of carbonyl (C=O) groups is 3. The van der Waals surface area contributed by atoms with E-state index in [1.165, 1.54) is 31.4 Å². The van der Waals surface area contributed by atoms with Crippen LogP contribution in [0, 0.1) is 0 Å². The highest BCUT2D eigenvalue weighted by molar-refractivity contribution is 6.37. The fourth-order valence-corrected chi connectivity index (χ4v) is 1.56. The van der Waals surface area contributed by atoms with Crippen molar-refractivity contribution in [3.05, 3.63) is 29.8 Å². The van der Waals surface area contributed by atoms with E-state index in [1.54, 1.807) is 0 Å². The standard InChI is InChI=1S/C13H12N2O5/c1-19-12(17)8-2-4-9(5-3-8)20-13(18)10-6-7-11(16)15-14-10/h2-5H,6-7H2,1H3,(H,15,16). The topological polar surface area (TPSA) is 94.1 Å². The van der Waals surface area contributed by atoms with Crippen LogP contribution in [0.2, 0.25) is 0 Å². The zero-order chi connectivity index (χ0) is 14.5. The number of carbonyl (C=O) groups excluding carboxylic acids is 3. The lowest BCUT2D eigenvalue weighted by Crippen LogP contribution is -2.31. The summed E-state index contributed by atoms with van der Waals surface area (Å²) in [5, 5.41) is 3.63. The van der Waals surface area contributed by atoms with Gasteiger partial charge in [-0.15, -0.1) is 0 Å². The lowest BCUT2D eigenvalue weighted by molar-refractivity contribution is -0.127. The molecular weight excluding hydrogens is 264 g/mol. The molecule has 1 aliphatic rings. The number of ether oxygens (including phenoxy) is 2. The van der Waals surface area contributed by atoms with Gasteiger partial charge in [0.2, 0.25) is 5.91 Å². The Balaban J connectivity index is 2.01. The lowest BCUT2D eigenvalue weighted by atomic mass is 10.2. The zero-order valence-electron chi connectivity index (χ0n) is 10.7. The van der Waals surface area contributed by atoms with Crippen molar-refractivity contribution in [2.24, 2.45) is 5.10 Å². The Morgan fingerprint density at radius 1 is 1.15 bits per heavy atom. The van der Waals surface area contributed by atoms with E-state index in [9.17, 15) is 14.4 Å². The number of amides is 1. The van der Waals surface area contributed by atoms with E-state index in [0.29, 0.717) is 5.56 Å². The van der Waals surface area contributed by atoms with Crippen LogP contribution in [0.5, 0.6) is 5.75 Å². The summed E-state index contributed by atoms with van der Waals surface area (Å²) >= 11 is 0. The summed E-state index contributed by atoms with van der Waals surface area (Å²) in [4.78, 5) is 33.9. The molecule has 0 spiro atoms. The van der Waals surface area contributed by atoms with Crippen molar-refractivity contribution >= 4 is 23.6 Å². The molecule has 0 fully saturated rings. The van der Waals surface area contributed by atoms with Crippen LogP contribution < -0.4 is 10.2 Å². The van der Waals surface area contributed by atoms with E-state index >= 15 is 0 Å². The Labute approximate surface area is 114 Å². The molecule has 0 saturated heterocycles. The summed E-state index contributed by atoms with van der Waals surface area (Å²) in [7, 11) is 1.28. The highest BCUT2D eigenvalue weighted by Gasteiger charge is 2.20. The Bertz CT molecular complexity index is 577. The molecule has 104 valence electrons. The maximum atomic E-state index is 11.8. The quantitative estimate of drug-likeness (QED) is 0.646. The largest absolute Gasteiger partial charge is 0.465 e. The summed E-state index contributed by atoms with van der Waals surface area (Å²) in [6.07, 6.45) is 0.445. The highest BCUT2D eigenvalue weighted by Crippen LogP contribution is 2.14. The van der Waals surface area contributed by atoms with Crippen LogP contribution in [0.4, 0.5) is 0 Å². The molecule has 1 aromatic rings. The van der Waals surface area contributed by atoms with Gasteiger partial charge in [-0.25, -0.2) is 15.0 Å². The highest BCUT2D eigenvalue weighted by atomic mass is 16.5. The minimum Gasteiger partial charge on any atom is -0.465 e. The number of hydrogen-bond acceptors (Lipinski definition) is 6. The fourth-order valence-electron chi connectivity index (χ4n) is 1.56. The van der Waals surface area contributed by atoms with Crippen molar-refractivity contribution in [2.45, 2.75) is 12.8 Å². The maximum Gasteiger partial charge on any atom is 0.359 e. The van der Waals surface area contributed by atoms with Gasteiger partial charge in [-0.1, -0.05) is 0 Å². The van der Waals surface area contributed by atoms with Crippen molar-refractivity contribution in [2.75, 3.05) is 7.11 Å². The molecule has 1 N–H and O–H groups in total. The molecular formula is C13H12N2O5. The first-order valence-electron chi connectivity index (χ1n) is 5.86. The van der Waals surface area contributed by atoms with Gasteiger partial charge in [0.25, 0.3) is 0 Å². The molecule has 0 bridgehead atoms. The number of benzene rings is 1. The first-order chi connectivity index (χ1) is 9.60. The Morgan fingerprint density at radius 2 is 1.85 bits per heavy atom. The van der Waals surface area contributed by atoms with Gasteiger partial charge in [0.15, 0.2) is 0 Å². The Hall–Kier alpha value is -2.70. The first kappa shape index (κ1) is 13.7. The monoisotopic (exact) mass is 276 g/mol. The van der Waals surface area contributed by atoms with Crippen LogP contribution in [-0.4, -0.2) is 30.7 Å². The lowest BCUT2D eigenvalue weighted by Gasteiger charge is -2.11. The predicted molar refractivity (Wildman–Crippen MR) is 68.2 cm³/mol. The van der Waals surface area contributed by atoms with E-state index in [0.717, 1.165) is 0 Å². The first-order valence-corrected chi connectivity index (χ1v) is 5.86. The summed E-state index contributed by atoms with van der Waals surface area (Å²) < 4.78 is 9.64. The summed E-state index contributed by atoms with van der Waals surface area (Å²) in [6, 6.07) is 5.93. The molecule has 0 aromatic heterocycles. The molecule has 1 aliphatic heterocycles. The van der Waals surface area contributed by atoms with Crippen molar-refractivity contribution in [1.82, 2.24) is 5.43 Å². The van der Waals surface area contributed by atoms with Gasteiger partial charge in [0.1, 0.15) is 11.5 Å². The smallest absolute Gasteiger partial charge is 0.359 e. The normalized spacial score (nSPS) is 14.1. The minimum atomic E-state index is -0.629. The van der Waals surface area contributed by atoms with Crippen LogP contribution in [0.25, 0.3) is 0 Å². The van der Waals surface area contributed by atoms with Gasteiger partial charge < -0.3 is 9.47 Å². The SMILES string of the molecule is COC(=O)c1ccc(OC(=O)C2=NNC(=O)CC2)cc1. The number of methoxy groups -OCH3 is 1. The van der Waals surface area contributed by atoms with Crippen molar-refractivity contribution in [1.29, 1.82) is 0 Å². The minimum absolute atomic E-state index is 0.154. The molecule has 0 radical (unpaired) electrons. The van der Waals surface area contributed by atoms with Crippen LogP contribution in [0.1, 0.15) is 23.2 Å². The predicted octanol–water partition coefficient (Wildman–Crippen LogP) is 0.645. The summed E-state index contributed by atoms with van der Waals surface area (Å²) in [5.74, 6) is -1.05. The molecule has 20 heavy (non-hydrogen) atoms. The van der Waals surface area contributed by atoms with E-state index in [4.69, 9.17) is 4.74 Å². The van der Waals surface area contributed by atoms with Crippen LogP contribution in [0.15, 0.2) is 29.4 Å². The molecule has 7 nitrogen and oxygen atoms in total. The number of esters is 2.